The summed E-state index contributed by atoms with van der Waals surface area (Å²) in [7, 11) is 2.84. The van der Waals surface area contributed by atoms with Gasteiger partial charge in [-0.15, -0.1) is 0 Å². The van der Waals surface area contributed by atoms with Crippen molar-refractivity contribution in [1.29, 1.82) is 0 Å². The second-order valence-corrected chi connectivity index (χ2v) is 8.44. The molecule has 0 aliphatic heterocycles. The van der Waals surface area contributed by atoms with Gasteiger partial charge in [-0.3, -0.25) is 9.59 Å². The van der Waals surface area contributed by atoms with Crippen molar-refractivity contribution in [2.24, 2.45) is 0 Å². The minimum Gasteiger partial charge on any atom is -0.469 e. The van der Waals surface area contributed by atoms with Crippen LogP contribution in [0.15, 0.2) is 97.1 Å². The third-order valence-corrected chi connectivity index (χ3v) is 5.45. The molecular weight excluding hydrogens is 624 g/mol. The number of rotatable bonds is 10. The number of esters is 2. The van der Waals surface area contributed by atoms with E-state index in [1.807, 2.05) is 24.3 Å². The van der Waals surface area contributed by atoms with Gasteiger partial charge in [0.1, 0.15) is 0 Å². The van der Waals surface area contributed by atoms with Crippen LogP contribution in [0.5, 0.6) is 0 Å². The molecule has 0 saturated carbocycles. The maximum atomic E-state index is 10.7. The Morgan fingerprint density at radius 2 is 0.833 bits per heavy atom. The second-order valence-electron chi connectivity index (χ2n) is 8.44. The molecule has 0 amide bonds. The molecule has 8 nitrogen and oxygen atoms in total. The van der Waals surface area contributed by atoms with E-state index in [0.717, 1.165) is 25.7 Å². The number of ether oxygens (including phenoxy) is 2. The third-order valence-electron chi connectivity index (χ3n) is 5.45. The summed E-state index contributed by atoms with van der Waals surface area (Å²) < 4.78 is 9.06. The van der Waals surface area contributed by atoms with E-state index in [9.17, 15) is 9.59 Å². The number of aromatic carboxylic acids is 2. The Balaban J connectivity index is 0. The van der Waals surface area contributed by atoms with Crippen molar-refractivity contribution in [2.45, 2.75) is 38.5 Å². The fourth-order valence-electron chi connectivity index (χ4n) is 3.29. The molecule has 4 aromatic rings. The molecular formula is C32H38Fe2O8-2. The number of carbonyl (C=O) groups excluding carboxylic acids is 2. The molecule has 4 rings (SSSR count). The largest absolute Gasteiger partial charge is 0.469 e. The smallest absolute Gasteiger partial charge is 0.456 e. The van der Waals surface area contributed by atoms with E-state index < -0.39 is 11.9 Å². The molecule has 0 aliphatic carbocycles. The molecule has 0 heterocycles. The number of carboxylic acid groups (broad SMARTS) is 2. The molecule has 0 aliphatic rings. The second kappa shape index (κ2) is 25.1. The van der Waals surface area contributed by atoms with Crippen molar-refractivity contribution in [3.05, 3.63) is 119 Å². The zero-order valence-corrected chi connectivity index (χ0v) is 25.8. The van der Waals surface area contributed by atoms with Crippen LogP contribution in [0.25, 0.3) is 0 Å². The summed E-state index contributed by atoms with van der Waals surface area (Å²) in [5.74, 6) is -1.48. The fraction of sp³-hybridized carbons (Fsp3) is 0.250. The predicted molar refractivity (Wildman–Crippen MR) is 155 cm³/mol. The first kappa shape index (κ1) is 40.5. The van der Waals surface area contributed by atoms with Crippen molar-refractivity contribution >= 4 is 23.9 Å². The van der Waals surface area contributed by atoms with Crippen molar-refractivity contribution in [3.8, 4) is 0 Å². The summed E-state index contributed by atoms with van der Waals surface area (Å²) in [4.78, 5) is 38.2. The van der Waals surface area contributed by atoms with Gasteiger partial charge in [0.2, 0.25) is 0 Å². The Hall–Kier alpha value is -3.68. The number of hydrogen-bond donors (Lipinski definition) is 2. The minimum atomic E-state index is -0.616. The number of aryl methyl sites for hydroxylation is 2. The molecule has 10 heteroatoms. The summed E-state index contributed by atoms with van der Waals surface area (Å²) in [5, 5.41) is 16.8. The Kier molecular flexibility index (Phi) is 24.1. The number of aliphatic hydroxyl groups excluding tert-OH is 2. The molecule has 4 N–H and O–H groups in total. The van der Waals surface area contributed by atoms with Crippen LogP contribution in [0.3, 0.4) is 0 Å². The third kappa shape index (κ3) is 19.4. The molecule has 42 heavy (non-hydrogen) atoms. The number of methoxy groups -OCH3 is 2. The molecule has 0 bridgehead atoms. The van der Waals surface area contributed by atoms with Crippen LogP contribution in [0.4, 0.5) is 0 Å². The van der Waals surface area contributed by atoms with Gasteiger partial charge in [-0.25, -0.2) is 48.5 Å². The Morgan fingerprint density at radius 3 is 1.05 bits per heavy atom. The first-order valence-corrected chi connectivity index (χ1v) is 12.8. The maximum Gasteiger partial charge on any atom is 0.456 e. The average Bonchev–Trinajstić information content (AvgIpc) is 3.78. The van der Waals surface area contributed by atoms with E-state index in [1.165, 1.54) is 25.3 Å². The topological polar surface area (TPSA) is 136 Å². The monoisotopic (exact) mass is 662 g/mol. The molecule has 232 valence electrons. The van der Waals surface area contributed by atoms with Gasteiger partial charge in [0.25, 0.3) is 0 Å². The number of carboxylic acids is 2. The van der Waals surface area contributed by atoms with Crippen molar-refractivity contribution in [3.63, 3.8) is 0 Å². The quantitative estimate of drug-likeness (QED) is 0.101. The van der Waals surface area contributed by atoms with Crippen molar-refractivity contribution in [1.82, 2.24) is 0 Å². The molecule has 0 aromatic heterocycles. The van der Waals surface area contributed by atoms with Crippen molar-refractivity contribution in [2.75, 3.05) is 14.2 Å². The first-order valence-electron chi connectivity index (χ1n) is 12.8. The molecule has 0 fully saturated rings. The fourth-order valence-corrected chi connectivity index (χ4v) is 3.29. The standard InChI is InChI=1S/2C10H13O2.2C6H5O2.2Fe/c2*1-12-10(11)8-4-7-9-5-2-3-6-9;2*7-6(8)5-3-1-2-4-5;;/h2*2-3,5-6H,4,7-8H2,1H3;2*1-4H,(H,7,8);;/q4*-1;;/p+2. The molecule has 0 atom stereocenters. The minimum absolute atomic E-state index is 0. The van der Waals surface area contributed by atoms with E-state index >= 15 is 0 Å². The molecule has 0 spiro atoms. The summed E-state index contributed by atoms with van der Waals surface area (Å²) in [5.41, 5.74) is 3.51. The summed E-state index contributed by atoms with van der Waals surface area (Å²) >= 11 is 0. The van der Waals surface area contributed by atoms with E-state index in [0.29, 0.717) is 24.0 Å². The summed E-state index contributed by atoms with van der Waals surface area (Å²) in [6.07, 6.45) is 4.70. The summed E-state index contributed by atoms with van der Waals surface area (Å²) in [6, 6.07) is 29.7. The predicted octanol–water partition coefficient (Wildman–Crippen LogP) is 5.43. The Morgan fingerprint density at radius 1 is 0.571 bits per heavy atom. The number of carbonyl (C=O) groups is 2. The van der Waals surface area contributed by atoms with Gasteiger partial charge in [0.05, 0.1) is 14.2 Å². The van der Waals surface area contributed by atoms with Crippen molar-refractivity contribution < 1.29 is 73.0 Å². The molecule has 0 saturated heterocycles. The van der Waals surface area contributed by atoms with E-state index in [4.69, 9.17) is 19.8 Å². The molecule has 0 unspecified atom stereocenters. The van der Waals surface area contributed by atoms with Gasteiger partial charge in [0, 0.05) is 58.1 Å². The Labute approximate surface area is 268 Å². The van der Waals surface area contributed by atoms with Crippen LogP contribution < -0.4 is 0 Å². The van der Waals surface area contributed by atoms with Gasteiger partial charge in [-0.2, -0.15) is 59.7 Å². The van der Waals surface area contributed by atoms with Gasteiger partial charge in [-0.1, -0.05) is 12.8 Å². The Bertz CT molecular complexity index is 1100. The van der Waals surface area contributed by atoms with Crippen LogP contribution in [-0.4, -0.2) is 57.9 Å². The van der Waals surface area contributed by atoms with Gasteiger partial charge in [0.15, 0.2) is 0 Å². The number of hydrogen-bond acceptors (Lipinski definition) is 4. The van der Waals surface area contributed by atoms with Crippen LogP contribution in [0, 0.1) is 0 Å². The van der Waals surface area contributed by atoms with Crippen LogP contribution in [0.2, 0.25) is 0 Å². The molecule has 4 aromatic carbocycles. The SMILES string of the molecule is COC(=O)CCC[c-]1cccc1.COC(=O)CCC[c-]1cccc1.OC(=[OH+])[c-]1cccc1.OC(=[OH+])[c-]1cccc1.[Fe].[Fe]. The van der Waals surface area contributed by atoms with Crippen LogP contribution in [-0.2, 0) is 66.0 Å². The zero-order valence-electron chi connectivity index (χ0n) is 23.6. The maximum absolute atomic E-state index is 10.7. The molecule has 0 radical (unpaired) electrons. The average molecular weight is 662 g/mol. The van der Waals surface area contributed by atoms with Crippen LogP contribution >= 0.6 is 0 Å². The first-order chi connectivity index (χ1) is 19.3. The van der Waals surface area contributed by atoms with Crippen LogP contribution in [0.1, 0.15) is 47.9 Å². The van der Waals surface area contributed by atoms with Gasteiger partial charge < -0.3 is 29.3 Å². The normalized spacial score (nSPS) is 9.00. The van der Waals surface area contributed by atoms with Gasteiger partial charge in [-0.05, 0) is 12.8 Å². The van der Waals surface area contributed by atoms with Gasteiger partial charge >= 0.3 is 23.9 Å². The van der Waals surface area contributed by atoms with E-state index in [1.54, 1.807) is 48.5 Å². The van der Waals surface area contributed by atoms with E-state index in [-0.39, 0.29) is 46.1 Å². The van der Waals surface area contributed by atoms with E-state index in [2.05, 4.69) is 33.7 Å². The zero-order chi connectivity index (χ0) is 29.6. The summed E-state index contributed by atoms with van der Waals surface area (Å²) in [6.45, 7) is 0.